The summed E-state index contributed by atoms with van der Waals surface area (Å²) in [6.07, 6.45) is 0. The van der Waals surface area contributed by atoms with Gasteiger partial charge in [-0.25, -0.2) is 8.42 Å². The zero-order valence-electron chi connectivity index (χ0n) is 11.9. The van der Waals surface area contributed by atoms with Crippen molar-refractivity contribution in [1.29, 1.82) is 0 Å². The molecule has 2 atom stereocenters. The van der Waals surface area contributed by atoms with Crippen LogP contribution in [0.2, 0.25) is 0 Å². The lowest BCUT2D eigenvalue weighted by Gasteiger charge is -2.22. The van der Waals surface area contributed by atoms with E-state index < -0.39 is 20.8 Å². The highest BCUT2D eigenvalue weighted by molar-refractivity contribution is 9.10. The molecule has 1 fully saturated rings. The van der Waals surface area contributed by atoms with Gasteiger partial charge in [-0.1, -0.05) is 22.9 Å². The van der Waals surface area contributed by atoms with Crippen molar-refractivity contribution in [2.45, 2.75) is 11.8 Å². The minimum absolute atomic E-state index is 0.0706. The maximum Gasteiger partial charge on any atom is 0.246 e. The number of halogens is 1. The van der Waals surface area contributed by atoms with Gasteiger partial charge in [0.15, 0.2) is 0 Å². The van der Waals surface area contributed by atoms with Crippen molar-refractivity contribution in [2.24, 2.45) is 5.92 Å². The predicted molar refractivity (Wildman–Crippen MR) is 86.5 cm³/mol. The third-order valence-electron chi connectivity index (χ3n) is 3.30. The van der Waals surface area contributed by atoms with Crippen LogP contribution in [0.4, 0.5) is 0 Å². The van der Waals surface area contributed by atoms with E-state index in [2.05, 4.69) is 15.9 Å². The van der Waals surface area contributed by atoms with Crippen molar-refractivity contribution in [2.75, 3.05) is 31.7 Å². The Balaban J connectivity index is 2.41. The minimum atomic E-state index is -3.66. The molecular weight excluding hydrogens is 378 g/mol. The topological polar surface area (TPSA) is 63.7 Å². The number of nitrogens with zero attached hydrogens (tertiary/aromatic N) is 1. The maximum atomic E-state index is 12.9. The molecule has 1 saturated heterocycles. The fourth-order valence-corrected chi connectivity index (χ4v) is 6.01. The Kier molecular flexibility index (Phi) is 5.45. The lowest BCUT2D eigenvalue weighted by Crippen LogP contribution is -2.35. The fraction of sp³-hybridized carbons (Fsp3) is 0.538. The molecule has 0 radical (unpaired) electrons. The lowest BCUT2D eigenvalue weighted by atomic mass is 10.2. The second-order valence-electron chi connectivity index (χ2n) is 5.07. The second kappa shape index (κ2) is 6.76. The van der Waals surface area contributed by atoms with Crippen LogP contribution >= 0.6 is 15.9 Å². The number of ether oxygens (including phenoxy) is 1. The van der Waals surface area contributed by atoms with Crippen molar-refractivity contribution < 1.29 is 17.4 Å². The molecule has 0 bridgehead atoms. The maximum absolute atomic E-state index is 12.9. The first-order valence-electron chi connectivity index (χ1n) is 6.53. The number of benzene rings is 1. The summed E-state index contributed by atoms with van der Waals surface area (Å²) in [7, 11) is -3.17. The van der Waals surface area contributed by atoms with Crippen LogP contribution in [0.15, 0.2) is 27.6 Å². The van der Waals surface area contributed by atoms with E-state index in [9.17, 15) is 12.6 Å². The van der Waals surface area contributed by atoms with Crippen LogP contribution in [-0.2, 0) is 20.8 Å². The Labute approximate surface area is 136 Å². The highest BCUT2D eigenvalue weighted by Crippen LogP contribution is 2.30. The van der Waals surface area contributed by atoms with E-state index >= 15 is 0 Å². The molecule has 0 unspecified atom stereocenters. The Bertz CT molecular complexity index is 648. The van der Waals surface area contributed by atoms with Crippen molar-refractivity contribution in [1.82, 2.24) is 4.31 Å². The fourth-order valence-electron chi connectivity index (χ4n) is 2.31. The number of rotatable bonds is 3. The zero-order valence-corrected chi connectivity index (χ0v) is 15.1. The molecule has 1 aromatic carbocycles. The molecule has 118 valence electrons. The first kappa shape index (κ1) is 16.9. The molecule has 1 aromatic rings. The van der Waals surface area contributed by atoms with E-state index in [1.807, 2.05) is 6.92 Å². The third-order valence-corrected chi connectivity index (χ3v) is 7.26. The number of hydrogen-bond acceptors (Lipinski definition) is 4. The van der Waals surface area contributed by atoms with Crippen molar-refractivity contribution in [3.05, 3.63) is 22.7 Å². The molecule has 0 spiro atoms. The lowest BCUT2D eigenvalue weighted by molar-refractivity contribution is 0.379. The average Bonchev–Trinajstić information content (AvgIpc) is 2.59. The van der Waals surface area contributed by atoms with Crippen molar-refractivity contribution in [3.63, 3.8) is 0 Å². The van der Waals surface area contributed by atoms with Crippen molar-refractivity contribution >= 4 is 36.8 Å². The van der Waals surface area contributed by atoms with Crippen LogP contribution in [0.3, 0.4) is 0 Å². The predicted octanol–water partition coefficient (Wildman–Crippen LogP) is 1.85. The molecule has 0 saturated carbocycles. The van der Waals surface area contributed by atoms with Gasteiger partial charge >= 0.3 is 0 Å². The third kappa shape index (κ3) is 3.85. The minimum Gasteiger partial charge on any atom is -0.495 e. The van der Waals surface area contributed by atoms with Crippen LogP contribution in [-0.4, -0.2) is 48.6 Å². The highest BCUT2D eigenvalue weighted by Gasteiger charge is 2.31. The van der Waals surface area contributed by atoms with Crippen molar-refractivity contribution in [3.8, 4) is 5.75 Å². The summed E-state index contributed by atoms with van der Waals surface area (Å²) in [5.74, 6) is 1.30. The van der Waals surface area contributed by atoms with Crippen LogP contribution in [0.1, 0.15) is 6.92 Å². The smallest absolute Gasteiger partial charge is 0.246 e. The highest BCUT2D eigenvalue weighted by atomic mass is 79.9. The molecule has 1 aliphatic heterocycles. The monoisotopic (exact) mass is 395 g/mol. The summed E-state index contributed by atoms with van der Waals surface area (Å²) in [5.41, 5.74) is 0. The average molecular weight is 396 g/mol. The second-order valence-corrected chi connectivity index (χ2v) is 9.52. The normalized spacial score (nSPS) is 24.5. The van der Waals surface area contributed by atoms with Gasteiger partial charge in [-0.3, -0.25) is 4.21 Å². The van der Waals surface area contributed by atoms with Gasteiger partial charge in [0.25, 0.3) is 0 Å². The van der Waals surface area contributed by atoms with Gasteiger partial charge in [-0.2, -0.15) is 4.31 Å². The van der Waals surface area contributed by atoms with Gasteiger partial charge in [0.05, 0.1) is 7.11 Å². The number of hydrogen-bond donors (Lipinski definition) is 0. The summed E-state index contributed by atoms with van der Waals surface area (Å²) in [6.45, 7) is 2.57. The molecule has 5 nitrogen and oxygen atoms in total. The van der Waals surface area contributed by atoms with Gasteiger partial charge in [-0.05, 0) is 24.1 Å². The molecule has 0 aromatic heterocycles. The van der Waals surface area contributed by atoms with Crippen LogP contribution < -0.4 is 4.74 Å². The Morgan fingerprint density at radius 3 is 2.81 bits per heavy atom. The molecule has 0 amide bonds. The molecular formula is C13H18BrNO4S2. The van der Waals surface area contributed by atoms with E-state index in [1.54, 1.807) is 18.2 Å². The van der Waals surface area contributed by atoms with Gasteiger partial charge in [0.2, 0.25) is 10.0 Å². The Hall–Kier alpha value is -0.440. The van der Waals surface area contributed by atoms with Gasteiger partial charge < -0.3 is 4.74 Å². The first-order valence-corrected chi connectivity index (χ1v) is 10.3. The summed E-state index contributed by atoms with van der Waals surface area (Å²) in [4.78, 5) is 0.138. The van der Waals surface area contributed by atoms with E-state index in [-0.39, 0.29) is 17.4 Å². The first-order chi connectivity index (χ1) is 9.84. The molecule has 1 heterocycles. The largest absolute Gasteiger partial charge is 0.495 e. The summed E-state index contributed by atoms with van der Waals surface area (Å²) in [5, 5.41) is 0. The molecule has 1 aliphatic rings. The summed E-state index contributed by atoms with van der Waals surface area (Å²) >= 11 is 3.29. The number of sulfonamides is 1. The zero-order chi connectivity index (χ0) is 15.6. The summed E-state index contributed by atoms with van der Waals surface area (Å²) in [6, 6.07) is 4.90. The number of methoxy groups -OCH3 is 1. The molecule has 2 rings (SSSR count). The Morgan fingerprint density at radius 1 is 1.43 bits per heavy atom. The van der Waals surface area contributed by atoms with Gasteiger partial charge in [0, 0.05) is 39.9 Å². The molecule has 21 heavy (non-hydrogen) atoms. The summed E-state index contributed by atoms with van der Waals surface area (Å²) < 4.78 is 44.7. The molecule has 8 heteroatoms. The molecule has 0 aliphatic carbocycles. The van der Waals surface area contributed by atoms with E-state index in [1.165, 1.54) is 11.4 Å². The van der Waals surface area contributed by atoms with Crippen LogP contribution in [0, 0.1) is 5.92 Å². The Morgan fingerprint density at radius 2 is 2.14 bits per heavy atom. The molecule has 0 N–H and O–H groups in total. The standard InChI is InChI=1S/C13H18BrNO4S2/c1-10-8-15(5-6-20(16)9-10)21(17,18)13-7-11(14)3-4-12(13)19-2/h3-4,7,10H,5-6,8-9H2,1-2H3/t10-,20+/m1/s1. The SMILES string of the molecule is COc1ccc(Br)cc1S(=O)(=O)N1CC[S@](=O)C[C@H](C)C1. The van der Waals surface area contributed by atoms with E-state index in [0.29, 0.717) is 28.3 Å². The van der Waals surface area contributed by atoms with Gasteiger partial charge in [0.1, 0.15) is 10.6 Å². The van der Waals surface area contributed by atoms with E-state index in [4.69, 9.17) is 4.74 Å². The van der Waals surface area contributed by atoms with Crippen LogP contribution in [0.25, 0.3) is 0 Å². The van der Waals surface area contributed by atoms with Gasteiger partial charge in [-0.15, -0.1) is 0 Å². The van der Waals surface area contributed by atoms with Crippen LogP contribution in [0.5, 0.6) is 5.75 Å². The quantitative estimate of drug-likeness (QED) is 0.783. The van der Waals surface area contributed by atoms with E-state index in [0.717, 1.165) is 0 Å².